The lowest BCUT2D eigenvalue weighted by atomic mass is 9.93. The van der Waals surface area contributed by atoms with Crippen molar-refractivity contribution in [1.82, 2.24) is 4.98 Å². The first-order valence-electron chi connectivity index (χ1n) is 5.87. The number of nitrogens with zero attached hydrogens (tertiary/aromatic N) is 1. The topological polar surface area (TPSA) is 67.3 Å². The fourth-order valence-corrected chi connectivity index (χ4v) is 2.85. The Hall–Kier alpha value is -1.72. The number of aryl methyl sites for hydroxylation is 1. The molecule has 0 radical (unpaired) electrons. The maximum atomic E-state index is 11.4. The molecule has 0 saturated heterocycles. The lowest BCUT2D eigenvalue weighted by molar-refractivity contribution is 0.481. The molecule has 4 nitrogen and oxygen atoms in total. The van der Waals surface area contributed by atoms with E-state index in [9.17, 15) is 13.0 Å². The quantitative estimate of drug-likeness (QED) is 0.876. The van der Waals surface area contributed by atoms with Crippen LogP contribution in [-0.2, 0) is 10.1 Å². The van der Waals surface area contributed by atoms with Crippen molar-refractivity contribution in [1.29, 1.82) is 0 Å². The summed E-state index contributed by atoms with van der Waals surface area (Å²) in [6.07, 6.45) is 3.32. The van der Waals surface area contributed by atoms with E-state index in [0.29, 0.717) is 5.56 Å². The lowest BCUT2D eigenvalue weighted by Crippen LogP contribution is -2.07. The fourth-order valence-electron chi connectivity index (χ4n) is 2.07. The van der Waals surface area contributed by atoms with Crippen LogP contribution in [0.1, 0.15) is 29.5 Å². The Bertz CT molecular complexity index is 681. The third kappa shape index (κ3) is 3.00. The molecular weight excluding hydrogens is 262 g/mol. The van der Waals surface area contributed by atoms with Gasteiger partial charge >= 0.3 is 0 Å². The first-order chi connectivity index (χ1) is 8.89. The smallest absolute Gasteiger partial charge is 0.282 e. The molecule has 0 fully saturated rings. The van der Waals surface area contributed by atoms with Gasteiger partial charge in [-0.3, -0.25) is 9.54 Å². The number of benzene rings is 1. The van der Waals surface area contributed by atoms with Crippen LogP contribution in [0.5, 0.6) is 0 Å². The van der Waals surface area contributed by atoms with Crippen LogP contribution in [0.25, 0.3) is 0 Å². The molecule has 100 valence electrons. The molecule has 0 spiro atoms. The van der Waals surface area contributed by atoms with Crippen LogP contribution in [0.4, 0.5) is 0 Å². The van der Waals surface area contributed by atoms with Gasteiger partial charge in [-0.1, -0.05) is 24.6 Å². The molecule has 0 amide bonds. The van der Waals surface area contributed by atoms with Gasteiger partial charge in [-0.05, 0) is 36.2 Å². The summed E-state index contributed by atoms with van der Waals surface area (Å²) >= 11 is 0. The number of hydrogen-bond donors (Lipinski definition) is 1. The van der Waals surface area contributed by atoms with Gasteiger partial charge in [0.15, 0.2) is 0 Å². The molecule has 2 rings (SSSR count). The normalized spacial score (nSPS) is 13.2. The third-order valence-corrected chi connectivity index (χ3v) is 4.04. The highest BCUT2D eigenvalue weighted by Gasteiger charge is 2.20. The molecular formula is C14H15NO3S. The standard InChI is InChI=1S/C14H15NO3S/c1-10-3-4-14(19(16,17)18)13(9-10)11(2)12-5-7-15-8-6-12/h3-9,11H,1-2H3,(H,16,17,18). The molecule has 2 aromatic rings. The van der Waals surface area contributed by atoms with Gasteiger partial charge in [0.05, 0.1) is 4.90 Å². The predicted octanol–water partition coefficient (Wildman–Crippen LogP) is 2.79. The predicted molar refractivity (Wildman–Crippen MR) is 72.7 cm³/mol. The average Bonchev–Trinajstić information content (AvgIpc) is 2.37. The van der Waals surface area contributed by atoms with Crippen molar-refractivity contribution in [3.05, 3.63) is 59.4 Å². The van der Waals surface area contributed by atoms with Crippen LogP contribution in [0.3, 0.4) is 0 Å². The molecule has 0 aliphatic rings. The van der Waals surface area contributed by atoms with Crippen molar-refractivity contribution >= 4 is 10.1 Å². The van der Waals surface area contributed by atoms with E-state index >= 15 is 0 Å². The Balaban J connectivity index is 2.59. The highest BCUT2D eigenvalue weighted by molar-refractivity contribution is 7.85. The summed E-state index contributed by atoms with van der Waals surface area (Å²) < 4.78 is 32.2. The fraction of sp³-hybridized carbons (Fsp3) is 0.214. The van der Waals surface area contributed by atoms with Gasteiger partial charge in [0.1, 0.15) is 0 Å². The molecule has 1 aromatic carbocycles. The lowest BCUT2D eigenvalue weighted by Gasteiger charge is -2.16. The molecule has 0 saturated carbocycles. The van der Waals surface area contributed by atoms with Gasteiger partial charge in [0.2, 0.25) is 0 Å². The summed E-state index contributed by atoms with van der Waals surface area (Å²) in [4.78, 5) is 3.90. The molecule has 1 aromatic heterocycles. The summed E-state index contributed by atoms with van der Waals surface area (Å²) in [5, 5.41) is 0. The van der Waals surface area contributed by atoms with Gasteiger partial charge < -0.3 is 0 Å². The largest absolute Gasteiger partial charge is 0.294 e. The highest BCUT2D eigenvalue weighted by Crippen LogP contribution is 2.29. The van der Waals surface area contributed by atoms with E-state index in [0.717, 1.165) is 11.1 Å². The third-order valence-electron chi connectivity index (χ3n) is 3.12. The van der Waals surface area contributed by atoms with Gasteiger partial charge in [0, 0.05) is 18.3 Å². The molecule has 1 unspecified atom stereocenters. The van der Waals surface area contributed by atoms with E-state index in [2.05, 4.69) is 4.98 Å². The van der Waals surface area contributed by atoms with E-state index < -0.39 is 10.1 Å². The maximum Gasteiger partial charge on any atom is 0.294 e. The zero-order valence-corrected chi connectivity index (χ0v) is 11.6. The van der Waals surface area contributed by atoms with Gasteiger partial charge in [-0.25, -0.2) is 0 Å². The summed E-state index contributed by atoms with van der Waals surface area (Å²) in [5.41, 5.74) is 2.49. The summed E-state index contributed by atoms with van der Waals surface area (Å²) in [5.74, 6) is -0.139. The van der Waals surface area contributed by atoms with Crippen molar-refractivity contribution in [2.45, 2.75) is 24.7 Å². The van der Waals surface area contributed by atoms with Gasteiger partial charge in [-0.15, -0.1) is 0 Å². The molecule has 1 N–H and O–H groups in total. The Kier molecular flexibility index (Phi) is 3.68. The first kappa shape index (κ1) is 13.7. The second kappa shape index (κ2) is 5.11. The molecule has 1 atom stereocenters. The molecule has 0 aliphatic heterocycles. The second-order valence-corrected chi connectivity index (χ2v) is 5.91. The van der Waals surface area contributed by atoms with Crippen molar-refractivity contribution in [3.63, 3.8) is 0 Å². The van der Waals surface area contributed by atoms with Crippen molar-refractivity contribution < 1.29 is 13.0 Å². The van der Waals surface area contributed by atoms with Crippen LogP contribution >= 0.6 is 0 Å². The van der Waals surface area contributed by atoms with E-state index in [4.69, 9.17) is 0 Å². The number of pyridine rings is 1. The summed E-state index contributed by atoms with van der Waals surface area (Å²) in [6.45, 7) is 3.79. The molecule has 0 bridgehead atoms. The Morgan fingerprint density at radius 2 is 1.79 bits per heavy atom. The molecule has 1 heterocycles. The minimum Gasteiger partial charge on any atom is -0.282 e. The molecule has 19 heavy (non-hydrogen) atoms. The monoisotopic (exact) mass is 277 g/mol. The van der Waals surface area contributed by atoms with Crippen molar-refractivity contribution in [2.24, 2.45) is 0 Å². The van der Waals surface area contributed by atoms with Gasteiger partial charge in [0.25, 0.3) is 10.1 Å². The van der Waals surface area contributed by atoms with E-state index in [1.165, 1.54) is 6.07 Å². The maximum absolute atomic E-state index is 11.4. The van der Waals surface area contributed by atoms with Crippen LogP contribution in [0, 0.1) is 6.92 Å². The zero-order valence-electron chi connectivity index (χ0n) is 10.7. The van der Waals surface area contributed by atoms with Crippen LogP contribution < -0.4 is 0 Å². The SMILES string of the molecule is Cc1ccc(S(=O)(=O)O)c(C(C)c2ccncc2)c1. The summed E-state index contributed by atoms with van der Waals surface area (Å²) in [7, 11) is -4.22. The van der Waals surface area contributed by atoms with E-state index in [-0.39, 0.29) is 10.8 Å². The average molecular weight is 277 g/mol. The van der Waals surface area contributed by atoms with E-state index in [1.54, 1.807) is 24.5 Å². The first-order valence-corrected chi connectivity index (χ1v) is 7.31. The Morgan fingerprint density at radius 3 is 2.37 bits per heavy atom. The Labute approximate surface area is 112 Å². The van der Waals surface area contributed by atoms with Crippen LogP contribution in [0.2, 0.25) is 0 Å². The van der Waals surface area contributed by atoms with E-state index in [1.807, 2.05) is 26.0 Å². The zero-order chi connectivity index (χ0) is 14.0. The van der Waals surface area contributed by atoms with Crippen molar-refractivity contribution in [3.8, 4) is 0 Å². The van der Waals surface area contributed by atoms with Crippen LogP contribution in [-0.4, -0.2) is 18.0 Å². The number of aromatic nitrogens is 1. The Morgan fingerprint density at radius 1 is 1.16 bits per heavy atom. The van der Waals surface area contributed by atoms with Gasteiger partial charge in [-0.2, -0.15) is 8.42 Å². The number of hydrogen-bond acceptors (Lipinski definition) is 3. The van der Waals surface area contributed by atoms with Crippen molar-refractivity contribution in [2.75, 3.05) is 0 Å². The number of rotatable bonds is 3. The van der Waals surface area contributed by atoms with Crippen LogP contribution in [0.15, 0.2) is 47.6 Å². The minimum atomic E-state index is -4.22. The summed E-state index contributed by atoms with van der Waals surface area (Å²) in [6, 6.07) is 8.57. The highest BCUT2D eigenvalue weighted by atomic mass is 32.2. The molecule has 0 aliphatic carbocycles. The second-order valence-electron chi connectivity index (χ2n) is 4.52. The minimum absolute atomic E-state index is 0.0394. The molecule has 5 heteroatoms.